The van der Waals surface area contributed by atoms with Gasteiger partial charge in [-0.05, 0) is 17.5 Å². The Morgan fingerprint density at radius 2 is 2.29 bits per heavy atom. The molecule has 5 heteroatoms. The highest BCUT2D eigenvalue weighted by atomic mass is 32.2. The van der Waals surface area contributed by atoms with E-state index in [9.17, 15) is 0 Å². The number of aromatic nitrogens is 2. The summed E-state index contributed by atoms with van der Waals surface area (Å²) in [5.41, 5.74) is 0. The van der Waals surface area contributed by atoms with Crippen LogP contribution in [0, 0.1) is 5.92 Å². The molecule has 0 amide bonds. The first kappa shape index (κ1) is 11.9. The highest BCUT2D eigenvalue weighted by Crippen LogP contribution is 2.20. The van der Waals surface area contributed by atoms with Gasteiger partial charge < -0.3 is 4.74 Å². The van der Waals surface area contributed by atoms with Crippen molar-refractivity contribution in [2.45, 2.75) is 24.6 Å². The molecule has 0 unspecified atom stereocenters. The van der Waals surface area contributed by atoms with Gasteiger partial charge in [0.25, 0.3) is 0 Å². The van der Waals surface area contributed by atoms with Crippen molar-refractivity contribution in [1.29, 1.82) is 0 Å². The van der Waals surface area contributed by atoms with Gasteiger partial charge in [0.2, 0.25) is 0 Å². The minimum Gasteiger partial charge on any atom is -0.384 e. The van der Waals surface area contributed by atoms with Gasteiger partial charge in [-0.1, -0.05) is 25.6 Å². The lowest BCUT2D eigenvalue weighted by Crippen LogP contribution is -1.96. The molecule has 0 N–H and O–H groups in total. The van der Waals surface area contributed by atoms with Crippen molar-refractivity contribution in [2.24, 2.45) is 5.92 Å². The Morgan fingerprint density at radius 1 is 1.50 bits per heavy atom. The van der Waals surface area contributed by atoms with Crippen LogP contribution in [0.4, 0.5) is 0 Å². The van der Waals surface area contributed by atoms with E-state index in [0.29, 0.717) is 5.92 Å². The number of nitrogens with zero attached hydrogens (tertiary/aromatic N) is 2. The quantitative estimate of drug-likeness (QED) is 0.557. The molecule has 0 spiro atoms. The number of hydrogen-bond acceptors (Lipinski definition) is 5. The molecule has 0 saturated heterocycles. The summed E-state index contributed by atoms with van der Waals surface area (Å²) in [6.45, 7) is 5.13. The minimum atomic E-state index is 0.626. The molecule has 0 aliphatic rings. The smallest absolute Gasteiger partial charge is 0.170 e. The van der Waals surface area contributed by atoms with Crippen LogP contribution in [0.25, 0.3) is 0 Å². The maximum Gasteiger partial charge on any atom is 0.170 e. The summed E-state index contributed by atoms with van der Waals surface area (Å²) in [5, 5.41) is 0. The molecule has 0 bridgehead atoms. The van der Waals surface area contributed by atoms with Crippen LogP contribution in [-0.2, 0) is 11.2 Å². The van der Waals surface area contributed by atoms with Crippen LogP contribution in [0.2, 0.25) is 0 Å². The Labute approximate surface area is 93.4 Å². The summed E-state index contributed by atoms with van der Waals surface area (Å²) in [6.07, 6.45) is 0.974. The summed E-state index contributed by atoms with van der Waals surface area (Å²) in [5.74, 6) is 2.55. The minimum absolute atomic E-state index is 0.626. The first-order valence-corrected chi connectivity index (χ1v) is 6.42. The van der Waals surface area contributed by atoms with E-state index in [2.05, 4.69) is 23.2 Å². The zero-order valence-electron chi connectivity index (χ0n) is 8.82. The molecule has 0 aliphatic carbocycles. The number of methoxy groups -OCH3 is 1. The molecule has 0 aliphatic heterocycles. The summed E-state index contributed by atoms with van der Waals surface area (Å²) < 4.78 is 10.3. The fourth-order valence-electron chi connectivity index (χ4n) is 0.957. The van der Waals surface area contributed by atoms with Gasteiger partial charge in [0.1, 0.15) is 5.82 Å². The molecule has 0 saturated carbocycles. The lowest BCUT2D eigenvalue weighted by atomic mass is 10.1. The van der Waals surface area contributed by atoms with E-state index in [4.69, 9.17) is 4.74 Å². The molecular weight excluding hydrogens is 216 g/mol. The Hall–Kier alpha value is -0.130. The Bertz CT molecular complexity index is 263. The number of hydrogen-bond donors (Lipinski definition) is 0. The van der Waals surface area contributed by atoms with Crippen molar-refractivity contribution >= 4 is 23.3 Å². The van der Waals surface area contributed by atoms with E-state index < -0.39 is 0 Å². The van der Waals surface area contributed by atoms with E-state index >= 15 is 0 Å². The summed E-state index contributed by atoms with van der Waals surface area (Å²) in [6, 6.07) is 0. The third-order valence-corrected chi connectivity index (χ3v) is 3.39. The van der Waals surface area contributed by atoms with Crippen molar-refractivity contribution in [2.75, 3.05) is 19.5 Å². The molecule has 1 aromatic heterocycles. The normalized spacial score (nSPS) is 11.1. The van der Waals surface area contributed by atoms with Gasteiger partial charge in [0.05, 0.1) is 6.61 Å². The summed E-state index contributed by atoms with van der Waals surface area (Å²) >= 11 is 3.20. The molecule has 1 heterocycles. The molecule has 1 rings (SSSR count). The van der Waals surface area contributed by atoms with Crippen LogP contribution >= 0.6 is 23.3 Å². The molecule has 0 atom stereocenters. The van der Waals surface area contributed by atoms with Gasteiger partial charge in [-0.25, -0.2) is 4.98 Å². The maximum absolute atomic E-state index is 4.97. The van der Waals surface area contributed by atoms with Crippen molar-refractivity contribution in [3.05, 3.63) is 5.82 Å². The molecule has 80 valence electrons. The first-order chi connectivity index (χ1) is 6.72. The highest BCUT2D eigenvalue weighted by Gasteiger charge is 2.05. The maximum atomic E-state index is 4.97. The first-order valence-electron chi connectivity index (χ1n) is 4.66. The highest BCUT2D eigenvalue weighted by molar-refractivity contribution is 8.00. The Kier molecular flexibility index (Phi) is 5.44. The molecule has 1 aromatic rings. The Balaban J connectivity index is 2.35. The summed E-state index contributed by atoms with van der Waals surface area (Å²) in [4.78, 5) is 4.44. The van der Waals surface area contributed by atoms with Crippen molar-refractivity contribution in [3.8, 4) is 0 Å². The van der Waals surface area contributed by atoms with Crippen LogP contribution in [0.5, 0.6) is 0 Å². The molecular formula is C9H16N2OS2. The molecule has 0 aromatic carbocycles. The van der Waals surface area contributed by atoms with Gasteiger partial charge in [-0.3, -0.25) is 0 Å². The lowest BCUT2D eigenvalue weighted by Gasteiger charge is -1.97. The van der Waals surface area contributed by atoms with E-state index in [1.165, 1.54) is 11.5 Å². The van der Waals surface area contributed by atoms with Gasteiger partial charge in [-0.15, -0.1) is 0 Å². The van der Waals surface area contributed by atoms with Crippen LogP contribution < -0.4 is 0 Å². The van der Waals surface area contributed by atoms with Gasteiger partial charge >= 0.3 is 0 Å². The molecule has 3 nitrogen and oxygen atoms in total. The monoisotopic (exact) mass is 232 g/mol. The second kappa shape index (κ2) is 6.37. The Morgan fingerprint density at radius 3 is 2.93 bits per heavy atom. The second-order valence-electron chi connectivity index (χ2n) is 3.42. The van der Waals surface area contributed by atoms with E-state index in [-0.39, 0.29) is 0 Å². The van der Waals surface area contributed by atoms with Gasteiger partial charge in [0, 0.05) is 19.3 Å². The molecule has 14 heavy (non-hydrogen) atoms. The topological polar surface area (TPSA) is 35.0 Å². The average molecular weight is 232 g/mol. The van der Waals surface area contributed by atoms with E-state index in [1.807, 2.05) is 0 Å². The predicted octanol–water partition coefficient (Wildman–Crippen LogP) is 2.48. The number of rotatable bonds is 6. The zero-order chi connectivity index (χ0) is 10.4. The SMILES string of the molecule is COCCSc1nc(CC(C)C)ns1. The summed E-state index contributed by atoms with van der Waals surface area (Å²) in [7, 11) is 1.71. The average Bonchev–Trinajstić information content (AvgIpc) is 2.52. The predicted molar refractivity (Wildman–Crippen MR) is 61.1 cm³/mol. The van der Waals surface area contributed by atoms with Crippen LogP contribution in [0.3, 0.4) is 0 Å². The van der Waals surface area contributed by atoms with E-state index in [0.717, 1.165) is 28.9 Å². The number of ether oxygens (including phenoxy) is 1. The molecule has 0 radical (unpaired) electrons. The van der Waals surface area contributed by atoms with Crippen LogP contribution in [0.15, 0.2) is 4.34 Å². The zero-order valence-corrected chi connectivity index (χ0v) is 10.5. The third-order valence-electron chi connectivity index (χ3n) is 1.55. The van der Waals surface area contributed by atoms with E-state index in [1.54, 1.807) is 18.9 Å². The fourth-order valence-corrected chi connectivity index (χ4v) is 2.57. The lowest BCUT2D eigenvalue weighted by molar-refractivity contribution is 0.218. The van der Waals surface area contributed by atoms with Crippen molar-refractivity contribution in [1.82, 2.24) is 9.36 Å². The van der Waals surface area contributed by atoms with Crippen LogP contribution in [0.1, 0.15) is 19.7 Å². The molecule has 0 fully saturated rings. The number of thioether (sulfide) groups is 1. The standard InChI is InChI=1S/C9H16N2OS2/c1-7(2)6-8-10-9(14-11-8)13-5-4-12-3/h7H,4-6H2,1-3H3. The largest absolute Gasteiger partial charge is 0.384 e. The van der Waals surface area contributed by atoms with Crippen molar-refractivity contribution < 1.29 is 4.74 Å². The van der Waals surface area contributed by atoms with Gasteiger partial charge in [-0.2, -0.15) is 4.37 Å². The van der Waals surface area contributed by atoms with Crippen molar-refractivity contribution in [3.63, 3.8) is 0 Å². The van der Waals surface area contributed by atoms with Gasteiger partial charge in [0.15, 0.2) is 4.34 Å². The fraction of sp³-hybridized carbons (Fsp3) is 0.778. The second-order valence-corrected chi connectivity index (χ2v) is 5.51. The van der Waals surface area contributed by atoms with Crippen LogP contribution in [-0.4, -0.2) is 28.8 Å². The third kappa shape index (κ3) is 4.39.